The van der Waals surface area contributed by atoms with Gasteiger partial charge in [0, 0.05) is 24.2 Å². The Bertz CT molecular complexity index is 802. The van der Waals surface area contributed by atoms with Crippen LogP contribution in [0, 0.1) is 5.82 Å². The van der Waals surface area contributed by atoms with Crippen LogP contribution in [0.5, 0.6) is 0 Å². The zero-order chi connectivity index (χ0) is 15.6. The van der Waals surface area contributed by atoms with E-state index in [1.165, 1.54) is 0 Å². The summed E-state index contributed by atoms with van der Waals surface area (Å²) in [6.45, 7) is 2.55. The molecule has 1 fully saturated rings. The molecule has 0 spiro atoms. The maximum atomic E-state index is 13.9. The van der Waals surface area contributed by atoms with Crippen LogP contribution in [-0.2, 0) is 13.1 Å². The number of rotatable bonds is 4. The Morgan fingerprint density at radius 3 is 3.13 bits per heavy atom. The minimum atomic E-state index is -0.201. The Morgan fingerprint density at radius 2 is 2.26 bits per heavy atom. The predicted molar refractivity (Wildman–Crippen MR) is 85.2 cm³/mol. The first-order valence-corrected chi connectivity index (χ1v) is 7.89. The van der Waals surface area contributed by atoms with Crippen molar-refractivity contribution in [3.63, 3.8) is 0 Å². The Morgan fingerprint density at radius 1 is 1.30 bits per heavy atom. The van der Waals surface area contributed by atoms with E-state index in [9.17, 15) is 4.39 Å². The maximum Gasteiger partial charge on any atom is 0.137 e. The number of nitrogens with zero attached hydrogens (tertiary/aromatic N) is 5. The predicted octanol–water partition coefficient (Wildman–Crippen LogP) is 2.63. The molecule has 2 aromatic heterocycles. The fraction of sp³-hybridized carbons (Fsp3) is 0.353. The van der Waals surface area contributed by atoms with Gasteiger partial charge in [-0.05, 0) is 43.1 Å². The first-order valence-electron chi connectivity index (χ1n) is 7.89. The summed E-state index contributed by atoms with van der Waals surface area (Å²) >= 11 is 0. The van der Waals surface area contributed by atoms with Crippen molar-refractivity contribution in [2.24, 2.45) is 0 Å². The lowest BCUT2D eigenvalue weighted by Crippen LogP contribution is -2.32. The molecule has 0 unspecified atom stereocenters. The zero-order valence-corrected chi connectivity index (χ0v) is 12.8. The standard InChI is InChI=1S/C17H18FN5/c18-15-7-13-3-1-5-20-17(13)14(8-15)9-22-6-2-4-16(22)10-23-12-19-11-21-23/h1,3,5,7-8,11-12,16H,2,4,6,9-10H2/t16-/m1/s1. The van der Waals surface area contributed by atoms with E-state index in [0.29, 0.717) is 12.6 Å². The zero-order valence-electron chi connectivity index (χ0n) is 12.8. The first kappa shape index (κ1) is 14.3. The number of halogens is 1. The highest BCUT2D eigenvalue weighted by Crippen LogP contribution is 2.25. The molecule has 0 bridgehead atoms. The second kappa shape index (κ2) is 6.04. The molecule has 0 N–H and O–H groups in total. The largest absolute Gasteiger partial charge is 0.294 e. The van der Waals surface area contributed by atoms with Crippen molar-refractivity contribution in [3.8, 4) is 0 Å². The van der Waals surface area contributed by atoms with Crippen LogP contribution in [0.25, 0.3) is 10.9 Å². The lowest BCUT2D eigenvalue weighted by atomic mass is 10.1. The summed E-state index contributed by atoms with van der Waals surface area (Å²) in [5.74, 6) is -0.201. The third kappa shape index (κ3) is 2.94. The van der Waals surface area contributed by atoms with Crippen LogP contribution in [0.1, 0.15) is 18.4 Å². The number of benzene rings is 1. The van der Waals surface area contributed by atoms with Crippen LogP contribution in [0.3, 0.4) is 0 Å². The number of likely N-dealkylation sites (tertiary alicyclic amines) is 1. The van der Waals surface area contributed by atoms with Gasteiger partial charge in [-0.3, -0.25) is 14.6 Å². The van der Waals surface area contributed by atoms with Gasteiger partial charge < -0.3 is 0 Å². The molecule has 0 radical (unpaired) electrons. The van der Waals surface area contributed by atoms with E-state index in [4.69, 9.17) is 0 Å². The number of hydrogen-bond donors (Lipinski definition) is 0. The normalized spacial score (nSPS) is 18.7. The molecule has 4 rings (SSSR count). The van der Waals surface area contributed by atoms with Gasteiger partial charge in [-0.2, -0.15) is 5.10 Å². The molecule has 5 nitrogen and oxygen atoms in total. The Labute approximate surface area is 133 Å². The van der Waals surface area contributed by atoms with Gasteiger partial charge in [0.05, 0.1) is 12.1 Å². The van der Waals surface area contributed by atoms with Crippen LogP contribution in [0.2, 0.25) is 0 Å². The molecule has 3 aromatic rings. The monoisotopic (exact) mass is 311 g/mol. The van der Waals surface area contributed by atoms with Gasteiger partial charge >= 0.3 is 0 Å². The molecule has 23 heavy (non-hydrogen) atoms. The Kier molecular flexibility index (Phi) is 3.75. The molecule has 1 atom stereocenters. The summed E-state index contributed by atoms with van der Waals surface area (Å²) in [5, 5.41) is 5.05. The van der Waals surface area contributed by atoms with Crippen LogP contribution in [-0.4, -0.2) is 37.2 Å². The number of aromatic nitrogens is 4. The molecular formula is C17H18FN5. The summed E-state index contributed by atoms with van der Waals surface area (Å²) in [6.07, 6.45) is 7.35. The molecule has 1 aliphatic heterocycles. The minimum Gasteiger partial charge on any atom is -0.294 e. The number of fused-ring (bicyclic) bond motifs is 1. The highest BCUT2D eigenvalue weighted by atomic mass is 19.1. The third-order valence-electron chi connectivity index (χ3n) is 4.49. The van der Waals surface area contributed by atoms with E-state index in [2.05, 4.69) is 20.0 Å². The van der Waals surface area contributed by atoms with Crippen LogP contribution < -0.4 is 0 Å². The summed E-state index contributed by atoms with van der Waals surface area (Å²) in [5.41, 5.74) is 1.84. The van der Waals surface area contributed by atoms with Crippen molar-refractivity contribution in [2.75, 3.05) is 6.54 Å². The molecular weight excluding hydrogens is 293 g/mol. The fourth-order valence-electron chi connectivity index (χ4n) is 3.42. The van der Waals surface area contributed by atoms with Crippen molar-refractivity contribution in [1.29, 1.82) is 0 Å². The Balaban J connectivity index is 1.59. The first-order chi connectivity index (χ1) is 11.3. The third-order valence-corrected chi connectivity index (χ3v) is 4.49. The smallest absolute Gasteiger partial charge is 0.137 e. The minimum absolute atomic E-state index is 0.201. The maximum absolute atomic E-state index is 13.9. The van der Waals surface area contributed by atoms with Crippen LogP contribution in [0.4, 0.5) is 4.39 Å². The van der Waals surface area contributed by atoms with Crippen LogP contribution >= 0.6 is 0 Å². The molecule has 0 aliphatic carbocycles. The average Bonchev–Trinajstić information content (AvgIpc) is 3.20. The van der Waals surface area contributed by atoms with Gasteiger partial charge in [0.15, 0.2) is 0 Å². The average molecular weight is 311 g/mol. The van der Waals surface area contributed by atoms with Gasteiger partial charge in [-0.15, -0.1) is 0 Å². The van der Waals surface area contributed by atoms with Crippen LogP contribution in [0.15, 0.2) is 43.1 Å². The van der Waals surface area contributed by atoms with Crippen molar-refractivity contribution < 1.29 is 4.39 Å². The SMILES string of the molecule is Fc1cc(CN2CCC[C@@H]2Cn2cncn2)c2ncccc2c1. The fourth-order valence-corrected chi connectivity index (χ4v) is 3.42. The van der Waals surface area contributed by atoms with Crippen molar-refractivity contribution in [1.82, 2.24) is 24.6 Å². The lowest BCUT2D eigenvalue weighted by molar-refractivity contribution is 0.219. The van der Waals surface area contributed by atoms with Gasteiger partial charge in [-0.1, -0.05) is 6.07 Å². The lowest BCUT2D eigenvalue weighted by Gasteiger charge is -2.24. The summed E-state index contributed by atoms with van der Waals surface area (Å²) in [7, 11) is 0. The molecule has 0 amide bonds. The Hall–Kier alpha value is -2.34. The molecule has 1 saturated heterocycles. The van der Waals surface area contributed by atoms with E-state index >= 15 is 0 Å². The van der Waals surface area contributed by atoms with Crippen molar-refractivity contribution in [3.05, 3.63) is 54.5 Å². The van der Waals surface area contributed by atoms with Gasteiger partial charge in [0.1, 0.15) is 18.5 Å². The molecule has 6 heteroatoms. The quantitative estimate of drug-likeness (QED) is 0.743. The topological polar surface area (TPSA) is 46.8 Å². The van der Waals surface area contributed by atoms with E-state index in [1.807, 2.05) is 16.8 Å². The number of hydrogen-bond acceptors (Lipinski definition) is 4. The van der Waals surface area contributed by atoms with Crippen molar-refractivity contribution in [2.45, 2.75) is 32.0 Å². The van der Waals surface area contributed by atoms with E-state index in [-0.39, 0.29) is 5.82 Å². The van der Waals surface area contributed by atoms with E-state index < -0.39 is 0 Å². The molecule has 1 aliphatic rings. The highest BCUT2D eigenvalue weighted by molar-refractivity contribution is 5.81. The van der Waals surface area contributed by atoms with E-state index in [0.717, 1.165) is 42.4 Å². The van der Waals surface area contributed by atoms with E-state index in [1.54, 1.807) is 31.0 Å². The highest BCUT2D eigenvalue weighted by Gasteiger charge is 2.25. The van der Waals surface area contributed by atoms with Crippen molar-refractivity contribution >= 4 is 10.9 Å². The van der Waals surface area contributed by atoms with Gasteiger partial charge in [0.2, 0.25) is 0 Å². The molecule has 1 aromatic carbocycles. The number of pyridine rings is 1. The molecule has 118 valence electrons. The van der Waals surface area contributed by atoms with Gasteiger partial charge in [0.25, 0.3) is 0 Å². The summed E-state index contributed by atoms with van der Waals surface area (Å²) < 4.78 is 15.8. The second-order valence-electron chi connectivity index (χ2n) is 6.02. The molecule has 3 heterocycles. The molecule has 0 saturated carbocycles. The summed E-state index contributed by atoms with van der Waals surface area (Å²) in [6, 6.07) is 7.31. The van der Waals surface area contributed by atoms with Gasteiger partial charge in [-0.25, -0.2) is 9.37 Å². The second-order valence-corrected chi connectivity index (χ2v) is 6.02. The summed E-state index contributed by atoms with van der Waals surface area (Å²) in [4.78, 5) is 10.8.